The Bertz CT molecular complexity index is 1270. The number of hydrogen-bond donors (Lipinski definition) is 0. The number of thioether (sulfide) groups is 1. The molecule has 0 atom stereocenters. The number of carbonyl (C=O) groups is 1. The highest BCUT2D eigenvalue weighted by atomic mass is 79.9. The summed E-state index contributed by atoms with van der Waals surface area (Å²) in [5.41, 5.74) is 4.82. The third-order valence-electron chi connectivity index (χ3n) is 5.41. The largest absolute Gasteiger partial charge is 0.488 e. The molecule has 34 heavy (non-hydrogen) atoms. The molecule has 0 spiro atoms. The van der Waals surface area contributed by atoms with Crippen LogP contribution in [0.4, 0.5) is 10.1 Å². The van der Waals surface area contributed by atoms with Crippen molar-refractivity contribution >= 4 is 50.5 Å². The van der Waals surface area contributed by atoms with E-state index >= 15 is 0 Å². The molecule has 3 aromatic carbocycles. The monoisotopic (exact) mass is 538 g/mol. The first-order chi connectivity index (χ1) is 16.4. The minimum absolute atomic E-state index is 0.0507. The van der Waals surface area contributed by atoms with Crippen LogP contribution in [0.5, 0.6) is 5.75 Å². The summed E-state index contributed by atoms with van der Waals surface area (Å²) >= 11 is 4.94. The SMILES string of the molecule is CCN1C(=O)/C(=C\c2ccc(OCc3ccc(F)cc3)c(Br)c2)SC1=Nc1c(C)cccc1C. The lowest BCUT2D eigenvalue weighted by Crippen LogP contribution is -2.28. The minimum Gasteiger partial charge on any atom is -0.488 e. The number of amides is 1. The number of para-hydroxylation sites is 1. The van der Waals surface area contributed by atoms with Gasteiger partial charge in [-0.2, -0.15) is 0 Å². The fourth-order valence-electron chi connectivity index (χ4n) is 3.56. The molecule has 4 rings (SSSR count). The van der Waals surface area contributed by atoms with E-state index in [0.29, 0.717) is 29.0 Å². The van der Waals surface area contributed by atoms with Crippen LogP contribution in [0.1, 0.15) is 29.2 Å². The average molecular weight is 539 g/mol. The molecule has 0 radical (unpaired) electrons. The van der Waals surface area contributed by atoms with Crippen LogP contribution in [-0.4, -0.2) is 22.5 Å². The van der Waals surface area contributed by atoms with Gasteiger partial charge in [0.2, 0.25) is 0 Å². The number of ether oxygens (including phenoxy) is 1. The van der Waals surface area contributed by atoms with Crippen molar-refractivity contribution in [3.05, 3.63) is 98.1 Å². The Balaban J connectivity index is 1.54. The Morgan fingerprint density at radius 3 is 2.44 bits per heavy atom. The third-order valence-corrected chi connectivity index (χ3v) is 7.04. The van der Waals surface area contributed by atoms with Gasteiger partial charge in [-0.05, 0) is 101 Å². The maximum absolute atomic E-state index is 13.1. The highest BCUT2D eigenvalue weighted by Crippen LogP contribution is 2.36. The maximum Gasteiger partial charge on any atom is 0.266 e. The zero-order valence-electron chi connectivity index (χ0n) is 19.1. The van der Waals surface area contributed by atoms with E-state index < -0.39 is 0 Å². The van der Waals surface area contributed by atoms with Crippen molar-refractivity contribution in [3.8, 4) is 5.75 Å². The van der Waals surface area contributed by atoms with Crippen molar-refractivity contribution < 1.29 is 13.9 Å². The van der Waals surface area contributed by atoms with Crippen LogP contribution in [0.3, 0.4) is 0 Å². The average Bonchev–Trinajstić information content (AvgIpc) is 3.10. The van der Waals surface area contributed by atoms with Gasteiger partial charge in [-0.1, -0.05) is 36.4 Å². The predicted octanol–water partition coefficient (Wildman–Crippen LogP) is 7.41. The Kier molecular flexibility index (Phi) is 7.54. The first-order valence-electron chi connectivity index (χ1n) is 10.9. The fraction of sp³-hybridized carbons (Fsp3) is 0.185. The first-order valence-corrected chi connectivity index (χ1v) is 12.5. The quantitative estimate of drug-likeness (QED) is 0.307. The van der Waals surface area contributed by atoms with Gasteiger partial charge in [0, 0.05) is 6.54 Å². The van der Waals surface area contributed by atoms with Crippen LogP contribution in [-0.2, 0) is 11.4 Å². The van der Waals surface area contributed by atoms with E-state index in [1.54, 1.807) is 17.0 Å². The molecule has 174 valence electrons. The van der Waals surface area contributed by atoms with Crippen molar-refractivity contribution in [3.63, 3.8) is 0 Å². The summed E-state index contributed by atoms with van der Waals surface area (Å²) < 4.78 is 19.7. The summed E-state index contributed by atoms with van der Waals surface area (Å²) in [5, 5.41) is 0.689. The molecule has 1 amide bonds. The molecule has 3 aromatic rings. The lowest BCUT2D eigenvalue weighted by Gasteiger charge is -2.13. The molecule has 7 heteroatoms. The van der Waals surface area contributed by atoms with Gasteiger partial charge in [0.05, 0.1) is 15.1 Å². The van der Waals surface area contributed by atoms with E-state index in [4.69, 9.17) is 9.73 Å². The number of aryl methyl sites for hydroxylation is 2. The van der Waals surface area contributed by atoms with E-state index in [-0.39, 0.29) is 11.7 Å². The van der Waals surface area contributed by atoms with Gasteiger partial charge in [-0.15, -0.1) is 0 Å². The number of carbonyl (C=O) groups excluding carboxylic acids is 1. The number of rotatable bonds is 6. The predicted molar refractivity (Wildman–Crippen MR) is 141 cm³/mol. The Morgan fingerprint density at radius 1 is 1.09 bits per heavy atom. The van der Waals surface area contributed by atoms with Crippen LogP contribution in [0, 0.1) is 19.7 Å². The molecule has 0 bridgehead atoms. The van der Waals surface area contributed by atoms with Crippen molar-refractivity contribution in [1.29, 1.82) is 0 Å². The van der Waals surface area contributed by atoms with Crippen molar-refractivity contribution in [1.82, 2.24) is 4.90 Å². The van der Waals surface area contributed by atoms with E-state index in [1.165, 1.54) is 23.9 Å². The van der Waals surface area contributed by atoms with Crippen molar-refractivity contribution in [2.45, 2.75) is 27.4 Å². The van der Waals surface area contributed by atoms with E-state index in [1.807, 2.05) is 63.2 Å². The van der Waals surface area contributed by atoms with Gasteiger partial charge in [0.1, 0.15) is 18.2 Å². The molecule has 1 aliphatic rings. The smallest absolute Gasteiger partial charge is 0.266 e. The zero-order chi connectivity index (χ0) is 24.2. The highest BCUT2D eigenvalue weighted by molar-refractivity contribution is 9.10. The molecule has 0 aromatic heterocycles. The van der Waals surface area contributed by atoms with Gasteiger partial charge in [-0.3, -0.25) is 9.69 Å². The van der Waals surface area contributed by atoms with E-state index in [2.05, 4.69) is 15.9 Å². The molecule has 1 aliphatic heterocycles. The number of amidine groups is 1. The number of likely N-dealkylation sites (N-methyl/N-ethyl adjacent to an activating group) is 1. The topological polar surface area (TPSA) is 41.9 Å². The van der Waals surface area contributed by atoms with Crippen LogP contribution in [0.2, 0.25) is 0 Å². The first kappa shape index (κ1) is 24.2. The molecular weight excluding hydrogens is 515 g/mol. The lowest BCUT2D eigenvalue weighted by molar-refractivity contribution is -0.122. The van der Waals surface area contributed by atoms with E-state index in [9.17, 15) is 9.18 Å². The van der Waals surface area contributed by atoms with Crippen LogP contribution in [0.25, 0.3) is 6.08 Å². The van der Waals surface area contributed by atoms with Crippen molar-refractivity contribution in [2.75, 3.05) is 6.54 Å². The molecule has 0 saturated carbocycles. The molecule has 0 aliphatic carbocycles. The second kappa shape index (κ2) is 10.6. The molecule has 4 nitrogen and oxygen atoms in total. The van der Waals surface area contributed by atoms with Gasteiger partial charge in [0.15, 0.2) is 5.17 Å². The van der Waals surface area contributed by atoms with Gasteiger partial charge >= 0.3 is 0 Å². The Hall–Kier alpha value is -2.90. The standard InChI is InChI=1S/C27H24BrFN2O2S/c1-4-31-26(32)24(34-27(31)30-25-17(2)6-5-7-18(25)3)15-20-10-13-23(22(28)14-20)33-16-19-8-11-21(29)12-9-19/h5-15H,4,16H2,1-3H3/b24-15+,30-27?. The third kappa shape index (κ3) is 5.42. The second-order valence-electron chi connectivity index (χ2n) is 7.90. The number of halogens is 2. The van der Waals surface area contributed by atoms with Crippen LogP contribution >= 0.6 is 27.7 Å². The summed E-state index contributed by atoms with van der Waals surface area (Å²) in [6, 6.07) is 18.0. The minimum atomic E-state index is -0.273. The Labute approximate surface area is 211 Å². The fourth-order valence-corrected chi connectivity index (χ4v) is 5.12. The Morgan fingerprint density at radius 2 is 1.79 bits per heavy atom. The summed E-state index contributed by atoms with van der Waals surface area (Å²) in [7, 11) is 0. The summed E-state index contributed by atoms with van der Waals surface area (Å²) in [5.74, 6) is 0.347. The second-order valence-corrected chi connectivity index (χ2v) is 9.76. The number of nitrogens with zero attached hydrogens (tertiary/aromatic N) is 2. The highest BCUT2D eigenvalue weighted by Gasteiger charge is 2.32. The molecular formula is C27H24BrFN2O2S. The molecule has 0 unspecified atom stereocenters. The molecule has 0 N–H and O–H groups in total. The van der Waals surface area contributed by atoms with E-state index in [0.717, 1.165) is 32.4 Å². The molecule has 1 saturated heterocycles. The summed E-state index contributed by atoms with van der Waals surface area (Å²) in [6.45, 7) is 6.88. The maximum atomic E-state index is 13.1. The lowest BCUT2D eigenvalue weighted by atomic mass is 10.1. The van der Waals surface area contributed by atoms with Gasteiger partial charge in [0.25, 0.3) is 5.91 Å². The zero-order valence-corrected chi connectivity index (χ0v) is 21.5. The van der Waals surface area contributed by atoms with Gasteiger partial charge < -0.3 is 4.74 Å². The van der Waals surface area contributed by atoms with Gasteiger partial charge in [-0.25, -0.2) is 9.38 Å². The number of hydrogen-bond acceptors (Lipinski definition) is 4. The van der Waals surface area contributed by atoms with Crippen molar-refractivity contribution in [2.24, 2.45) is 4.99 Å². The summed E-state index contributed by atoms with van der Waals surface area (Å²) in [4.78, 5) is 20.2. The normalized spacial score (nSPS) is 16.0. The van der Waals surface area contributed by atoms with Crippen LogP contribution < -0.4 is 4.74 Å². The van der Waals surface area contributed by atoms with Crippen LogP contribution in [0.15, 0.2) is 75.0 Å². The molecule has 1 heterocycles. The number of aliphatic imine (C=N–C) groups is 1. The summed E-state index contributed by atoms with van der Waals surface area (Å²) in [6.07, 6.45) is 1.87. The number of benzene rings is 3. The molecule has 1 fully saturated rings.